The smallest absolute Gasteiger partial charge is 0.256 e. The van der Waals surface area contributed by atoms with Crippen LogP contribution in [0.5, 0.6) is 0 Å². The quantitative estimate of drug-likeness (QED) is 0.279. The number of nitrogen functional groups attached to an aromatic ring is 1. The number of nitrogens with one attached hydrogen (secondary N) is 3. The van der Waals surface area contributed by atoms with Crippen LogP contribution in [0.1, 0.15) is 36.0 Å². The standard InChI is InChI=1S/C26H27F2N9O/c1-36-7-6-16-23(32-14-4-3-5-15(10-14)33-26(38)19-12-31-37(2)22(19)29)34-24(35-25(16)36)18-11-30-21-17(18)8-13(27)9-20(21)28/h6-9,11-12,14-15,30H,3-5,10,29H2,1-2H3,(H,33,38)(H,32,34,35)/t14-,15+/m1/s1. The fourth-order valence-corrected chi connectivity index (χ4v) is 5.24. The summed E-state index contributed by atoms with van der Waals surface area (Å²) in [6, 6.07) is 4.06. The van der Waals surface area contributed by atoms with Gasteiger partial charge in [0.25, 0.3) is 5.91 Å². The lowest BCUT2D eigenvalue weighted by molar-refractivity contribution is 0.0927. The Labute approximate surface area is 216 Å². The predicted octanol–water partition coefficient (Wildman–Crippen LogP) is 3.86. The fraction of sp³-hybridized carbons (Fsp3) is 0.308. The molecular weight excluding hydrogens is 492 g/mol. The Morgan fingerprint density at radius 1 is 1.16 bits per heavy atom. The summed E-state index contributed by atoms with van der Waals surface area (Å²) < 4.78 is 31.7. The molecule has 1 aromatic carbocycles. The molecule has 6 rings (SSSR count). The van der Waals surface area contributed by atoms with E-state index in [1.54, 1.807) is 13.2 Å². The molecular formula is C26H27F2N9O. The Bertz CT molecular complexity index is 1690. The van der Waals surface area contributed by atoms with Crippen LogP contribution >= 0.6 is 0 Å². The summed E-state index contributed by atoms with van der Waals surface area (Å²) >= 11 is 0. The van der Waals surface area contributed by atoms with Crippen LogP contribution in [0, 0.1) is 11.6 Å². The van der Waals surface area contributed by atoms with Crippen molar-refractivity contribution in [2.45, 2.75) is 37.8 Å². The Balaban J connectivity index is 1.29. The molecule has 0 saturated heterocycles. The summed E-state index contributed by atoms with van der Waals surface area (Å²) in [5.41, 5.74) is 7.73. The molecule has 4 aromatic heterocycles. The number of aromatic nitrogens is 6. The van der Waals surface area contributed by atoms with Gasteiger partial charge in [0.15, 0.2) is 5.82 Å². The van der Waals surface area contributed by atoms with Gasteiger partial charge in [-0.15, -0.1) is 0 Å². The molecule has 1 amide bonds. The van der Waals surface area contributed by atoms with Gasteiger partial charge in [-0.25, -0.2) is 18.7 Å². The largest absolute Gasteiger partial charge is 0.383 e. The third kappa shape index (κ3) is 4.11. The molecule has 1 aliphatic carbocycles. The number of hydrogen-bond acceptors (Lipinski definition) is 6. The number of carbonyl (C=O) groups excluding carboxylic acids is 1. The summed E-state index contributed by atoms with van der Waals surface area (Å²) in [5.74, 6) is -0.277. The molecule has 5 N–H and O–H groups in total. The first-order chi connectivity index (χ1) is 18.3. The van der Waals surface area contributed by atoms with Crippen molar-refractivity contribution in [3.8, 4) is 11.4 Å². The summed E-state index contributed by atoms with van der Waals surface area (Å²) in [5, 5.41) is 11.9. The van der Waals surface area contributed by atoms with Crippen molar-refractivity contribution < 1.29 is 13.6 Å². The molecule has 0 spiro atoms. The summed E-state index contributed by atoms with van der Waals surface area (Å²) in [6.07, 6.45) is 8.33. The summed E-state index contributed by atoms with van der Waals surface area (Å²) in [4.78, 5) is 25.2. The van der Waals surface area contributed by atoms with Gasteiger partial charge in [0, 0.05) is 55.6 Å². The number of nitrogens with zero attached hydrogens (tertiary/aromatic N) is 5. The first-order valence-corrected chi connectivity index (χ1v) is 12.4. The average molecular weight is 520 g/mol. The topological polar surface area (TPSA) is 131 Å². The van der Waals surface area contributed by atoms with Gasteiger partial charge < -0.3 is 25.9 Å². The SMILES string of the molecule is Cn1ncc(C(=O)N[C@H]2CCC[C@@H](Nc3nc(-c4c[nH]c5c(F)cc(F)cc45)nc4c3ccn4C)C2)c1N. The number of halogens is 2. The minimum Gasteiger partial charge on any atom is -0.383 e. The van der Waals surface area contributed by atoms with Crippen LogP contribution in [0.25, 0.3) is 33.3 Å². The van der Waals surface area contributed by atoms with Crippen LogP contribution < -0.4 is 16.4 Å². The maximum Gasteiger partial charge on any atom is 0.256 e. The van der Waals surface area contributed by atoms with E-state index in [0.717, 1.165) is 30.7 Å². The van der Waals surface area contributed by atoms with Gasteiger partial charge in [0.1, 0.15) is 34.5 Å². The normalized spacial score (nSPS) is 17.8. The van der Waals surface area contributed by atoms with Crippen molar-refractivity contribution >= 4 is 39.5 Å². The van der Waals surface area contributed by atoms with Crippen LogP contribution in [0.4, 0.5) is 20.4 Å². The van der Waals surface area contributed by atoms with Crippen LogP contribution in [-0.4, -0.2) is 47.3 Å². The highest BCUT2D eigenvalue weighted by molar-refractivity contribution is 5.98. The zero-order valence-corrected chi connectivity index (χ0v) is 20.9. The second-order valence-corrected chi connectivity index (χ2v) is 9.82. The molecule has 196 valence electrons. The van der Waals surface area contributed by atoms with Gasteiger partial charge in [-0.1, -0.05) is 0 Å². The molecule has 5 aromatic rings. The lowest BCUT2D eigenvalue weighted by atomic mass is 9.90. The second kappa shape index (κ2) is 9.12. The molecule has 1 saturated carbocycles. The number of carbonyl (C=O) groups is 1. The van der Waals surface area contributed by atoms with Crippen molar-refractivity contribution in [2.24, 2.45) is 14.1 Å². The minimum absolute atomic E-state index is 0.0412. The Kier molecular flexibility index (Phi) is 5.73. The molecule has 12 heteroatoms. The summed E-state index contributed by atoms with van der Waals surface area (Å²) in [6.45, 7) is 0. The number of aryl methyl sites for hydroxylation is 2. The number of hydrogen-bond donors (Lipinski definition) is 4. The zero-order chi connectivity index (χ0) is 26.6. The number of rotatable bonds is 5. The number of nitrogens with two attached hydrogens (primary N) is 1. The molecule has 0 aliphatic heterocycles. The van der Waals surface area contributed by atoms with Crippen molar-refractivity contribution in [1.82, 2.24) is 34.6 Å². The van der Waals surface area contributed by atoms with Gasteiger partial charge in [0.2, 0.25) is 0 Å². The van der Waals surface area contributed by atoms with Crippen LogP contribution in [0.2, 0.25) is 0 Å². The lowest BCUT2D eigenvalue weighted by Gasteiger charge is -2.30. The Morgan fingerprint density at radius 2 is 1.97 bits per heavy atom. The minimum atomic E-state index is -0.673. The van der Waals surface area contributed by atoms with Crippen molar-refractivity contribution in [1.29, 1.82) is 0 Å². The van der Waals surface area contributed by atoms with E-state index in [-0.39, 0.29) is 23.5 Å². The maximum absolute atomic E-state index is 14.3. The third-order valence-electron chi connectivity index (χ3n) is 7.25. The van der Waals surface area contributed by atoms with E-state index in [0.29, 0.717) is 46.0 Å². The van der Waals surface area contributed by atoms with Gasteiger partial charge in [-0.2, -0.15) is 5.10 Å². The Hall–Kier alpha value is -4.48. The third-order valence-corrected chi connectivity index (χ3v) is 7.25. The van der Waals surface area contributed by atoms with E-state index in [2.05, 4.69) is 20.7 Å². The molecule has 38 heavy (non-hydrogen) atoms. The second-order valence-electron chi connectivity index (χ2n) is 9.82. The van der Waals surface area contributed by atoms with Crippen LogP contribution in [-0.2, 0) is 14.1 Å². The Morgan fingerprint density at radius 3 is 2.76 bits per heavy atom. The van der Waals surface area contributed by atoms with E-state index in [1.807, 2.05) is 23.9 Å². The van der Waals surface area contributed by atoms with Gasteiger partial charge >= 0.3 is 0 Å². The molecule has 0 radical (unpaired) electrons. The van der Waals surface area contributed by atoms with E-state index in [1.165, 1.54) is 16.9 Å². The lowest BCUT2D eigenvalue weighted by Crippen LogP contribution is -2.42. The highest BCUT2D eigenvalue weighted by atomic mass is 19.1. The van der Waals surface area contributed by atoms with Crippen LogP contribution in [0.3, 0.4) is 0 Å². The first-order valence-electron chi connectivity index (χ1n) is 12.4. The van der Waals surface area contributed by atoms with Gasteiger partial charge in [-0.05, 0) is 37.8 Å². The average Bonchev–Trinajstić information content (AvgIpc) is 3.57. The monoisotopic (exact) mass is 519 g/mol. The van der Waals surface area contributed by atoms with E-state index < -0.39 is 11.6 Å². The molecule has 0 unspecified atom stereocenters. The first kappa shape index (κ1) is 23.9. The molecule has 1 aliphatic rings. The molecule has 2 atom stereocenters. The van der Waals surface area contributed by atoms with Crippen molar-refractivity contribution in [3.05, 3.63) is 54.0 Å². The number of amides is 1. The number of H-pyrrole nitrogens is 1. The van der Waals surface area contributed by atoms with Crippen LogP contribution in [0.15, 0.2) is 36.8 Å². The zero-order valence-electron chi connectivity index (χ0n) is 20.9. The number of aromatic amines is 1. The molecule has 0 bridgehead atoms. The maximum atomic E-state index is 14.3. The number of anilines is 2. The fourth-order valence-electron chi connectivity index (χ4n) is 5.24. The molecule has 4 heterocycles. The van der Waals surface area contributed by atoms with Gasteiger partial charge in [0.05, 0.1) is 17.1 Å². The summed E-state index contributed by atoms with van der Waals surface area (Å²) in [7, 11) is 3.57. The van der Waals surface area contributed by atoms with Crippen molar-refractivity contribution in [2.75, 3.05) is 11.1 Å². The highest BCUT2D eigenvalue weighted by Gasteiger charge is 2.26. The van der Waals surface area contributed by atoms with E-state index >= 15 is 0 Å². The number of fused-ring (bicyclic) bond motifs is 2. The van der Waals surface area contributed by atoms with E-state index in [4.69, 9.17) is 15.7 Å². The predicted molar refractivity (Wildman–Crippen MR) is 140 cm³/mol. The van der Waals surface area contributed by atoms with E-state index in [9.17, 15) is 13.6 Å². The van der Waals surface area contributed by atoms with Crippen molar-refractivity contribution in [3.63, 3.8) is 0 Å². The number of benzene rings is 1. The molecule has 10 nitrogen and oxygen atoms in total. The van der Waals surface area contributed by atoms with Gasteiger partial charge in [-0.3, -0.25) is 9.48 Å². The molecule has 1 fully saturated rings. The highest BCUT2D eigenvalue weighted by Crippen LogP contribution is 2.33.